The minimum Gasteiger partial charge on any atom is -0.365 e. The molecule has 2 fully saturated rings. The Kier molecular flexibility index (Phi) is 7.76. The van der Waals surface area contributed by atoms with Gasteiger partial charge in [0.25, 0.3) is 5.91 Å². The summed E-state index contributed by atoms with van der Waals surface area (Å²) in [5.74, 6) is 0.399. The van der Waals surface area contributed by atoms with Crippen LogP contribution in [0.1, 0.15) is 47.7 Å². The van der Waals surface area contributed by atoms with Gasteiger partial charge in [-0.25, -0.2) is 4.98 Å². The predicted octanol–water partition coefficient (Wildman–Crippen LogP) is 7.07. The predicted molar refractivity (Wildman–Crippen MR) is 150 cm³/mol. The molecule has 0 bridgehead atoms. The summed E-state index contributed by atoms with van der Waals surface area (Å²) in [4.78, 5) is 24.1. The summed E-state index contributed by atoms with van der Waals surface area (Å²) < 4.78 is 41.0. The first-order valence-corrected chi connectivity index (χ1v) is 13.8. The van der Waals surface area contributed by atoms with E-state index >= 15 is 0 Å². The van der Waals surface area contributed by atoms with Crippen molar-refractivity contribution >= 4 is 29.0 Å². The molecule has 1 aromatic heterocycles. The average molecular weight is 557 g/mol. The van der Waals surface area contributed by atoms with E-state index in [-0.39, 0.29) is 16.6 Å². The van der Waals surface area contributed by atoms with Crippen LogP contribution < -0.4 is 9.80 Å². The third-order valence-corrected chi connectivity index (χ3v) is 8.00. The summed E-state index contributed by atoms with van der Waals surface area (Å²) in [6, 6.07) is 13.8. The van der Waals surface area contributed by atoms with E-state index in [4.69, 9.17) is 11.6 Å². The molecule has 2 saturated heterocycles. The number of anilines is 2. The highest BCUT2D eigenvalue weighted by atomic mass is 35.5. The second-order valence-corrected chi connectivity index (χ2v) is 10.7. The van der Waals surface area contributed by atoms with Crippen molar-refractivity contribution in [2.45, 2.75) is 45.3 Å². The number of rotatable bonds is 5. The first-order valence-electron chi connectivity index (χ1n) is 13.4. The topological polar surface area (TPSA) is 39.7 Å². The van der Waals surface area contributed by atoms with E-state index in [2.05, 4.69) is 46.0 Å². The summed E-state index contributed by atoms with van der Waals surface area (Å²) in [5.41, 5.74) is 3.05. The fourth-order valence-corrected chi connectivity index (χ4v) is 5.93. The Balaban J connectivity index is 1.37. The van der Waals surface area contributed by atoms with Crippen LogP contribution in [0.5, 0.6) is 0 Å². The van der Waals surface area contributed by atoms with E-state index in [0.717, 1.165) is 53.8 Å². The van der Waals surface area contributed by atoms with E-state index in [9.17, 15) is 18.0 Å². The second kappa shape index (κ2) is 11.1. The highest BCUT2D eigenvalue weighted by Gasteiger charge is 2.38. The fourth-order valence-electron chi connectivity index (χ4n) is 5.76. The molecule has 0 radical (unpaired) electrons. The van der Waals surface area contributed by atoms with Crippen molar-refractivity contribution in [1.82, 2.24) is 9.88 Å². The van der Waals surface area contributed by atoms with Gasteiger partial charge in [-0.2, -0.15) is 13.2 Å². The van der Waals surface area contributed by atoms with Crippen LogP contribution in [-0.4, -0.2) is 54.6 Å². The summed E-state index contributed by atoms with van der Waals surface area (Å²) in [5, 5.41) is -0.0483. The number of carbonyl (C=O) groups excluding carboxylic acids is 1. The highest BCUT2D eigenvalue weighted by molar-refractivity contribution is 6.30. The van der Waals surface area contributed by atoms with Gasteiger partial charge in [-0.1, -0.05) is 24.6 Å². The van der Waals surface area contributed by atoms with Crippen LogP contribution in [0, 0.1) is 6.92 Å². The zero-order valence-corrected chi connectivity index (χ0v) is 22.9. The fraction of sp³-hybridized carbons (Fsp3) is 0.400. The lowest BCUT2D eigenvalue weighted by Crippen LogP contribution is -2.55. The summed E-state index contributed by atoms with van der Waals surface area (Å²) >= 11 is 5.82. The zero-order valence-electron chi connectivity index (χ0n) is 22.1. The molecule has 3 heterocycles. The Morgan fingerprint density at radius 2 is 1.82 bits per heavy atom. The molecule has 5 nitrogen and oxygen atoms in total. The van der Waals surface area contributed by atoms with Crippen LogP contribution in [0.2, 0.25) is 5.02 Å². The number of halogens is 4. The smallest absolute Gasteiger partial charge is 0.365 e. The van der Waals surface area contributed by atoms with Crippen LogP contribution in [0.25, 0.3) is 11.1 Å². The molecule has 2 aliphatic rings. The molecule has 39 heavy (non-hydrogen) atoms. The van der Waals surface area contributed by atoms with Crippen LogP contribution >= 0.6 is 11.6 Å². The molecular formula is C30H32ClF3N4O. The van der Waals surface area contributed by atoms with Crippen LogP contribution in [-0.2, 0) is 6.18 Å². The van der Waals surface area contributed by atoms with Gasteiger partial charge < -0.3 is 14.7 Å². The van der Waals surface area contributed by atoms with Crippen LogP contribution in [0.3, 0.4) is 0 Å². The van der Waals surface area contributed by atoms with Gasteiger partial charge in [-0.3, -0.25) is 4.79 Å². The SMILES string of the molecule is CC[C@@H]1CN(C(=O)c2ccc(Cl)cc2C(F)(F)F)CCN1c1ccc(-c2cccnc2N2CCCC2)cc1C. The first-order chi connectivity index (χ1) is 18.7. The van der Waals surface area contributed by atoms with Gasteiger partial charge in [0.05, 0.1) is 11.1 Å². The molecule has 0 saturated carbocycles. The molecule has 0 unspecified atom stereocenters. The van der Waals surface area contributed by atoms with Gasteiger partial charge in [-0.15, -0.1) is 0 Å². The van der Waals surface area contributed by atoms with Crippen molar-refractivity contribution in [1.29, 1.82) is 0 Å². The molecule has 2 aliphatic heterocycles. The lowest BCUT2D eigenvalue weighted by atomic mass is 9.99. The Hall–Kier alpha value is -3.26. The standard InChI is InChI=1S/C30H32ClF3N4O/c1-3-23-19-37(29(39)25-10-9-22(31)18-26(25)30(32,33)34)15-16-38(23)27-11-8-21(17-20(27)2)24-7-6-12-35-28(24)36-13-4-5-14-36/h6-12,17-18,23H,3-5,13-16,19H2,1-2H3/t23-/m1/s1. The van der Waals surface area contributed by atoms with Crippen molar-refractivity contribution in [2.75, 3.05) is 42.5 Å². The maximum Gasteiger partial charge on any atom is 0.417 e. The molecule has 0 N–H and O–H groups in total. The summed E-state index contributed by atoms with van der Waals surface area (Å²) in [6.45, 7) is 7.36. The number of hydrogen-bond acceptors (Lipinski definition) is 4. The quantitative estimate of drug-likeness (QED) is 0.337. The second-order valence-electron chi connectivity index (χ2n) is 10.3. The number of aromatic nitrogens is 1. The lowest BCUT2D eigenvalue weighted by molar-refractivity contribution is -0.138. The zero-order chi connectivity index (χ0) is 27.7. The Morgan fingerprint density at radius 1 is 1.05 bits per heavy atom. The summed E-state index contributed by atoms with van der Waals surface area (Å²) in [6.07, 6.45) is 0.280. The molecule has 5 rings (SSSR count). The van der Waals surface area contributed by atoms with E-state index in [1.807, 2.05) is 19.2 Å². The Morgan fingerprint density at radius 3 is 2.51 bits per heavy atom. The van der Waals surface area contributed by atoms with Crippen molar-refractivity contribution in [3.05, 3.63) is 76.4 Å². The maximum absolute atomic E-state index is 13.7. The number of alkyl halides is 3. The van der Waals surface area contributed by atoms with Gasteiger partial charge in [0.1, 0.15) is 5.82 Å². The Bertz CT molecular complexity index is 1360. The van der Waals surface area contributed by atoms with Crippen LogP contribution in [0.4, 0.5) is 24.7 Å². The van der Waals surface area contributed by atoms with Crippen molar-refractivity contribution in [3.8, 4) is 11.1 Å². The van der Waals surface area contributed by atoms with Gasteiger partial charge in [0.15, 0.2) is 0 Å². The van der Waals surface area contributed by atoms with E-state index in [1.54, 1.807) is 0 Å². The molecule has 3 aromatic rings. The largest absolute Gasteiger partial charge is 0.417 e. The van der Waals surface area contributed by atoms with Crippen LogP contribution in [0.15, 0.2) is 54.7 Å². The number of nitrogens with zero attached hydrogens (tertiary/aromatic N) is 4. The summed E-state index contributed by atoms with van der Waals surface area (Å²) in [7, 11) is 0. The molecule has 1 atom stereocenters. The number of benzene rings is 2. The van der Waals surface area contributed by atoms with Gasteiger partial charge in [0.2, 0.25) is 0 Å². The molecule has 0 spiro atoms. The number of amides is 1. The van der Waals surface area contributed by atoms with Crippen molar-refractivity contribution < 1.29 is 18.0 Å². The van der Waals surface area contributed by atoms with Gasteiger partial charge >= 0.3 is 6.18 Å². The number of carbonyl (C=O) groups is 1. The normalized spacial score (nSPS) is 18.1. The minimum absolute atomic E-state index is 0.0209. The Labute approximate surface area is 232 Å². The molecular weight excluding hydrogens is 525 g/mol. The third-order valence-electron chi connectivity index (χ3n) is 7.77. The molecule has 1 amide bonds. The minimum atomic E-state index is -4.66. The third kappa shape index (κ3) is 5.57. The first kappa shape index (κ1) is 27.3. The van der Waals surface area contributed by atoms with E-state index in [0.29, 0.717) is 19.6 Å². The number of pyridine rings is 1. The lowest BCUT2D eigenvalue weighted by Gasteiger charge is -2.43. The van der Waals surface area contributed by atoms with E-state index in [1.165, 1.54) is 29.9 Å². The van der Waals surface area contributed by atoms with Gasteiger partial charge in [-0.05, 0) is 79.8 Å². The van der Waals surface area contributed by atoms with E-state index < -0.39 is 17.6 Å². The highest BCUT2D eigenvalue weighted by Crippen LogP contribution is 2.37. The molecule has 0 aliphatic carbocycles. The molecule has 9 heteroatoms. The molecule has 2 aromatic carbocycles. The van der Waals surface area contributed by atoms with Crippen molar-refractivity contribution in [3.63, 3.8) is 0 Å². The van der Waals surface area contributed by atoms with Gasteiger partial charge in [0, 0.05) is 61.2 Å². The average Bonchev–Trinajstić information content (AvgIpc) is 3.47. The maximum atomic E-state index is 13.7. The number of piperazine rings is 1. The monoisotopic (exact) mass is 556 g/mol. The molecule has 206 valence electrons. The number of hydrogen-bond donors (Lipinski definition) is 0. The number of aryl methyl sites for hydroxylation is 1. The van der Waals surface area contributed by atoms with Crippen molar-refractivity contribution in [2.24, 2.45) is 0 Å².